The van der Waals surface area contributed by atoms with E-state index in [1.54, 1.807) is 48.0 Å². The molecule has 0 fully saturated rings. The number of alkyl halides is 3. The second kappa shape index (κ2) is 12.3. The molecule has 1 unspecified atom stereocenters. The molecule has 34 heavy (non-hydrogen) atoms. The molecule has 0 radical (unpaired) electrons. The number of thioether (sulfide) groups is 1. The lowest BCUT2D eigenvalue weighted by atomic mass is 9.88. The fraction of sp³-hybridized carbons (Fsp3) is 0.348. The third-order valence-corrected chi connectivity index (χ3v) is 5.62. The summed E-state index contributed by atoms with van der Waals surface area (Å²) in [6.45, 7) is -0.300. The largest absolute Gasteiger partial charge is 0.445 e. The molecule has 4 N–H and O–H groups in total. The van der Waals surface area contributed by atoms with Crippen molar-refractivity contribution in [1.82, 2.24) is 10.6 Å². The predicted octanol–water partition coefficient (Wildman–Crippen LogP) is 3.18. The lowest BCUT2D eigenvalue weighted by molar-refractivity contribution is -0.198. The van der Waals surface area contributed by atoms with Crippen LogP contribution in [0.3, 0.4) is 0 Å². The standard InChI is InChI=1S/C23H26F3N3O4S/c1-34-13-12-18(19(27)30)28-20(31)22(23(24,25)26,14-16-8-4-2-5-9-16)29-21(32)33-15-17-10-6-3-7-11-17/h2-11,18H,12-15H2,1H3,(H2,27,30)(H,28,31)(H,29,32)/t18-,22?/m0/s1. The molecule has 7 nitrogen and oxygen atoms in total. The molecule has 0 saturated carbocycles. The number of carbonyl (C=O) groups is 3. The van der Waals surface area contributed by atoms with Crippen LogP contribution in [0, 0.1) is 0 Å². The molecular weight excluding hydrogens is 471 g/mol. The minimum atomic E-state index is -5.24. The molecule has 2 rings (SSSR count). The van der Waals surface area contributed by atoms with Crippen LogP contribution in [0.4, 0.5) is 18.0 Å². The van der Waals surface area contributed by atoms with Gasteiger partial charge in [-0.3, -0.25) is 14.9 Å². The Balaban J connectivity index is 2.36. The van der Waals surface area contributed by atoms with Gasteiger partial charge in [0.25, 0.3) is 5.91 Å². The molecule has 2 aromatic carbocycles. The van der Waals surface area contributed by atoms with Gasteiger partial charge in [-0.25, -0.2) is 4.79 Å². The maximum Gasteiger partial charge on any atom is 0.421 e. The monoisotopic (exact) mass is 497 g/mol. The molecule has 0 aliphatic heterocycles. The number of hydrogen-bond acceptors (Lipinski definition) is 5. The number of ether oxygens (including phenoxy) is 1. The highest BCUT2D eigenvalue weighted by Crippen LogP contribution is 2.34. The number of carbonyl (C=O) groups excluding carboxylic acids is 3. The van der Waals surface area contributed by atoms with Crippen molar-refractivity contribution < 1.29 is 32.3 Å². The van der Waals surface area contributed by atoms with Crippen molar-refractivity contribution in [3.8, 4) is 0 Å². The third-order valence-electron chi connectivity index (χ3n) is 4.97. The van der Waals surface area contributed by atoms with Crippen molar-refractivity contribution >= 4 is 29.7 Å². The zero-order valence-electron chi connectivity index (χ0n) is 18.4. The minimum absolute atomic E-state index is 0.0277. The van der Waals surface area contributed by atoms with Gasteiger partial charge in [0.2, 0.25) is 11.4 Å². The Bertz CT molecular complexity index is 961. The Morgan fingerprint density at radius 1 is 1.00 bits per heavy atom. The number of rotatable bonds is 11. The lowest BCUT2D eigenvalue weighted by Gasteiger charge is -2.35. The smallest absolute Gasteiger partial charge is 0.421 e. The zero-order chi connectivity index (χ0) is 25.2. The van der Waals surface area contributed by atoms with E-state index in [9.17, 15) is 27.6 Å². The Morgan fingerprint density at radius 2 is 1.56 bits per heavy atom. The summed E-state index contributed by atoms with van der Waals surface area (Å²) in [5.41, 5.74) is 2.57. The Labute approximate surface area is 199 Å². The number of halogens is 3. The first kappa shape index (κ1) is 27.0. The second-order valence-corrected chi connectivity index (χ2v) is 8.45. The van der Waals surface area contributed by atoms with E-state index in [1.807, 2.05) is 0 Å². The Kier molecular flexibility index (Phi) is 9.79. The summed E-state index contributed by atoms with van der Waals surface area (Å²) in [6, 6.07) is 14.4. The maximum atomic E-state index is 14.5. The molecule has 2 atom stereocenters. The van der Waals surface area contributed by atoms with Gasteiger partial charge in [0.1, 0.15) is 12.6 Å². The van der Waals surface area contributed by atoms with E-state index in [0.717, 1.165) is 0 Å². The quantitative estimate of drug-likeness (QED) is 0.442. The van der Waals surface area contributed by atoms with E-state index in [-0.39, 0.29) is 18.6 Å². The van der Waals surface area contributed by atoms with Gasteiger partial charge >= 0.3 is 12.3 Å². The van der Waals surface area contributed by atoms with Gasteiger partial charge in [-0.1, -0.05) is 60.7 Å². The predicted molar refractivity (Wildman–Crippen MR) is 123 cm³/mol. The number of primary amides is 1. The second-order valence-electron chi connectivity index (χ2n) is 7.46. The minimum Gasteiger partial charge on any atom is -0.445 e. The van der Waals surface area contributed by atoms with Crippen molar-refractivity contribution in [3.63, 3.8) is 0 Å². The first-order valence-electron chi connectivity index (χ1n) is 10.3. The average Bonchev–Trinajstić information content (AvgIpc) is 2.80. The van der Waals surface area contributed by atoms with Crippen LogP contribution in [0.5, 0.6) is 0 Å². The fourth-order valence-corrected chi connectivity index (χ4v) is 3.59. The molecule has 0 bridgehead atoms. The van der Waals surface area contributed by atoms with Crippen LogP contribution in [-0.4, -0.2) is 47.7 Å². The molecule has 0 heterocycles. The summed E-state index contributed by atoms with van der Waals surface area (Å²) in [7, 11) is 0. The van der Waals surface area contributed by atoms with E-state index in [4.69, 9.17) is 10.5 Å². The van der Waals surface area contributed by atoms with Crippen LogP contribution < -0.4 is 16.4 Å². The Hall–Kier alpha value is -3.21. The molecule has 0 saturated heterocycles. The van der Waals surface area contributed by atoms with Crippen LogP contribution in [0.2, 0.25) is 0 Å². The normalized spacial score (nSPS) is 13.9. The van der Waals surface area contributed by atoms with E-state index >= 15 is 0 Å². The summed E-state index contributed by atoms with van der Waals surface area (Å²) in [6.07, 6.45) is -5.83. The van der Waals surface area contributed by atoms with Crippen molar-refractivity contribution in [2.24, 2.45) is 5.73 Å². The molecule has 3 amide bonds. The summed E-state index contributed by atoms with van der Waals surface area (Å²) in [5.74, 6) is -2.21. The molecule has 0 spiro atoms. The zero-order valence-corrected chi connectivity index (χ0v) is 19.2. The van der Waals surface area contributed by atoms with Crippen molar-refractivity contribution in [2.75, 3.05) is 12.0 Å². The summed E-state index contributed by atoms with van der Waals surface area (Å²) >= 11 is 1.33. The average molecular weight is 498 g/mol. The van der Waals surface area contributed by atoms with Crippen LogP contribution >= 0.6 is 11.8 Å². The topological polar surface area (TPSA) is 111 Å². The van der Waals surface area contributed by atoms with E-state index in [2.05, 4.69) is 5.32 Å². The van der Waals surface area contributed by atoms with Crippen LogP contribution in [0.15, 0.2) is 60.7 Å². The first-order valence-corrected chi connectivity index (χ1v) is 11.7. The van der Waals surface area contributed by atoms with E-state index < -0.39 is 42.1 Å². The van der Waals surface area contributed by atoms with Gasteiger partial charge in [-0.15, -0.1) is 0 Å². The first-order chi connectivity index (χ1) is 16.1. The number of amides is 3. The highest BCUT2D eigenvalue weighted by atomic mass is 32.2. The van der Waals surface area contributed by atoms with E-state index in [1.165, 1.54) is 36.0 Å². The molecule has 2 aromatic rings. The maximum absolute atomic E-state index is 14.5. The highest BCUT2D eigenvalue weighted by Gasteiger charge is 2.62. The number of alkyl carbamates (subject to hydrolysis) is 1. The van der Waals surface area contributed by atoms with Crippen LogP contribution in [-0.2, 0) is 27.4 Å². The molecule has 0 aliphatic carbocycles. The molecule has 11 heteroatoms. The van der Waals surface area contributed by atoms with Crippen molar-refractivity contribution in [1.29, 1.82) is 0 Å². The van der Waals surface area contributed by atoms with Gasteiger partial charge in [0.15, 0.2) is 0 Å². The van der Waals surface area contributed by atoms with Gasteiger partial charge in [-0.2, -0.15) is 24.9 Å². The molecule has 184 valence electrons. The van der Waals surface area contributed by atoms with Crippen molar-refractivity contribution in [2.45, 2.75) is 37.2 Å². The number of hydrogen-bond donors (Lipinski definition) is 3. The van der Waals surface area contributed by atoms with E-state index in [0.29, 0.717) is 11.3 Å². The number of benzene rings is 2. The van der Waals surface area contributed by atoms with Crippen molar-refractivity contribution in [3.05, 3.63) is 71.8 Å². The summed E-state index contributed by atoms with van der Waals surface area (Å²) in [4.78, 5) is 37.3. The van der Waals surface area contributed by atoms with Gasteiger partial charge in [0.05, 0.1) is 0 Å². The fourth-order valence-electron chi connectivity index (χ4n) is 3.12. The summed E-state index contributed by atoms with van der Waals surface area (Å²) < 4.78 is 48.4. The van der Waals surface area contributed by atoms with Crippen LogP contribution in [0.1, 0.15) is 17.5 Å². The highest BCUT2D eigenvalue weighted by molar-refractivity contribution is 7.98. The van der Waals surface area contributed by atoms with Gasteiger partial charge in [0, 0.05) is 6.42 Å². The van der Waals surface area contributed by atoms with Crippen LogP contribution in [0.25, 0.3) is 0 Å². The lowest BCUT2D eigenvalue weighted by Crippen LogP contribution is -2.70. The van der Waals surface area contributed by atoms with Gasteiger partial charge < -0.3 is 15.8 Å². The summed E-state index contributed by atoms with van der Waals surface area (Å²) in [5, 5.41) is 3.81. The number of nitrogens with one attached hydrogen (secondary N) is 2. The SMILES string of the molecule is CSCC[C@H](NC(=O)C(Cc1ccccc1)(NC(=O)OCc1ccccc1)C(F)(F)F)C(N)=O. The number of nitrogens with two attached hydrogens (primary N) is 1. The third kappa shape index (κ3) is 7.41. The van der Waals surface area contributed by atoms with Gasteiger partial charge in [-0.05, 0) is 29.6 Å². The molecule has 0 aliphatic rings. The molecule has 0 aromatic heterocycles. The Morgan fingerprint density at radius 3 is 2.06 bits per heavy atom. The molecular formula is C23H26F3N3O4S.